The fourth-order valence-electron chi connectivity index (χ4n) is 2.65. The fraction of sp³-hybridized carbons (Fsp3) is 0.632. The van der Waals surface area contributed by atoms with E-state index < -0.39 is 0 Å². The van der Waals surface area contributed by atoms with E-state index in [9.17, 15) is 0 Å². The monoisotopic (exact) mass is 333 g/mol. The molecule has 1 aromatic heterocycles. The van der Waals surface area contributed by atoms with Crippen LogP contribution in [0.1, 0.15) is 51.7 Å². The molecular formula is C19H35N5. The smallest absolute Gasteiger partial charge is 0.131 e. The molecule has 0 saturated carbocycles. The van der Waals surface area contributed by atoms with Crippen LogP contribution in [0.4, 0.5) is 5.82 Å². The van der Waals surface area contributed by atoms with Crippen LogP contribution < -0.4 is 21.3 Å². The van der Waals surface area contributed by atoms with Crippen molar-refractivity contribution in [1.82, 2.24) is 15.6 Å². The van der Waals surface area contributed by atoms with E-state index in [2.05, 4.69) is 55.9 Å². The zero-order valence-corrected chi connectivity index (χ0v) is 16.0. The first-order chi connectivity index (χ1) is 11.4. The average Bonchev–Trinajstić information content (AvgIpc) is 2.52. The van der Waals surface area contributed by atoms with Crippen LogP contribution in [0.5, 0.6) is 0 Å². The number of pyridine rings is 1. The third-order valence-electron chi connectivity index (χ3n) is 4.04. The summed E-state index contributed by atoms with van der Waals surface area (Å²) in [4.78, 5) is 7.15. The second-order valence-corrected chi connectivity index (χ2v) is 6.71. The summed E-state index contributed by atoms with van der Waals surface area (Å²) in [5.41, 5.74) is 8.05. The van der Waals surface area contributed by atoms with Crippen molar-refractivity contribution in [1.29, 1.82) is 0 Å². The summed E-state index contributed by atoms with van der Waals surface area (Å²) in [6.07, 6.45) is 4.16. The molecule has 4 N–H and O–H groups in total. The van der Waals surface area contributed by atoms with Gasteiger partial charge in [-0.05, 0) is 43.4 Å². The maximum Gasteiger partial charge on any atom is 0.131 e. The Bertz CT molecular complexity index is 512. The summed E-state index contributed by atoms with van der Waals surface area (Å²) < 4.78 is 0. The lowest BCUT2D eigenvalue weighted by Gasteiger charge is -2.27. The normalized spacial score (nSPS) is 13.2. The van der Waals surface area contributed by atoms with Crippen LogP contribution in [0.2, 0.25) is 0 Å². The van der Waals surface area contributed by atoms with Gasteiger partial charge in [0.15, 0.2) is 0 Å². The number of nitrogens with one attached hydrogen (secondary N) is 2. The topological polar surface area (TPSA) is 66.2 Å². The van der Waals surface area contributed by atoms with Gasteiger partial charge < -0.3 is 21.3 Å². The molecule has 0 aliphatic heterocycles. The van der Waals surface area contributed by atoms with Gasteiger partial charge in [0, 0.05) is 25.8 Å². The molecule has 24 heavy (non-hydrogen) atoms. The first-order valence-corrected chi connectivity index (χ1v) is 9.02. The quantitative estimate of drug-likeness (QED) is 0.543. The SMILES string of the molecule is C=C(NCc1cnc(N(CCC)CC(C)CC)c(C)c1)NC(C)N. The molecule has 2 atom stereocenters. The Morgan fingerprint density at radius 3 is 2.62 bits per heavy atom. The highest BCUT2D eigenvalue weighted by molar-refractivity contribution is 5.47. The second kappa shape index (κ2) is 10.2. The van der Waals surface area contributed by atoms with Crippen molar-refractivity contribution in [2.24, 2.45) is 11.7 Å². The molecule has 1 heterocycles. The van der Waals surface area contributed by atoms with Crippen LogP contribution in [-0.2, 0) is 6.54 Å². The van der Waals surface area contributed by atoms with Gasteiger partial charge in [-0.15, -0.1) is 0 Å². The van der Waals surface area contributed by atoms with Crippen LogP contribution in [-0.4, -0.2) is 24.2 Å². The van der Waals surface area contributed by atoms with Gasteiger partial charge in [-0.2, -0.15) is 0 Å². The minimum atomic E-state index is -0.115. The molecule has 5 heteroatoms. The molecule has 0 aliphatic rings. The summed E-state index contributed by atoms with van der Waals surface area (Å²) in [7, 11) is 0. The minimum absolute atomic E-state index is 0.115. The van der Waals surface area contributed by atoms with Gasteiger partial charge in [-0.1, -0.05) is 33.8 Å². The van der Waals surface area contributed by atoms with Crippen LogP contribution in [0.25, 0.3) is 0 Å². The second-order valence-electron chi connectivity index (χ2n) is 6.71. The molecule has 0 fully saturated rings. The molecule has 2 unspecified atom stereocenters. The lowest BCUT2D eigenvalue weighted by Crippen LogP contribution is -2.37. The zero-order valence-electron chi connectivity index (χ0n) is 16.0. The lowest BCUT2D eigenvalue weighted by molar-refractivity contribution is 0.538. The van der Waals surface area contributed by atoms with Crippen LogP contribution in [0.15, 0.2) is 24.7 Å². The Morgan fingerprint density at radius 1 is 1.38 bits per heavy atom. The summed E-state index contributed by atoms with van der Waals surface area (Å²) in [5, 5.41) is 6.28. The number of hydrogen-bond acceptors (Lipinski definition) is 5. The Labute approximate surface area is 147 Å². The Kier molecular flexibility index (Phi) is 8.61. The lowest BCUT2D eigenvalue weighted by atomic mass is 10.1. The molecule has 0 aromatic carbocycles. The van der Waals surface area contributed by atoms with Crippen LogP contribution in [0.3, 0.4) is 0 Å². The van der Waals surface area contributed by atoms with E-state index in [0.717, 1.165) is 36.7 Å². The fourth-order valence-corrected chi connectivity index (χ4v) is 2.65. The largest absolute Gasteiger partial charge is 0.368 e. The molecule has 136 valence electrons. The highest BCUT2D eigenvalue weighted by Gasteiger charge is 2.13. The number of anilines is 1. The first kappa shape index (κ1) is 20.3. The summed E-state index contributed by atoms with van der Waals surface area (Å²) >= 11 is 0. The standard InChI is InChI=1S/C19H35N5/c1-7-9-24(13-14(3)8-2)19-15(4)10-18(12-22-19)11-21-17(6)23-16(5)20/h10,12,14,16,21,23H,6-9,11,13,20H2,1-5H3. The number of aryl methyl sites for hydroxylation is 1. The van der Waals surface area contributed by atoms with Gasteiger partial charge in [-0.25, -0.2) is 4.98 Å². The molecule has 1 aromatic rings. The van der Waals surface area contributed by atoms with Crippen molar-refractivity contribution >= 4 is 5.82 Å². The molecule has 0 radical (unpaired) electrons. The molecule has 0 bridgehead atoms. The molecular weight excluding hydrogens is 298 g/mol. The van der Waals surface area contributed by atoms with Crippen molar-refractivity contribution in [3.8, 4) is 0 Å². The predicted molar refractivity (Wildman–Crippen MR) is 104 cm³/mol. The third-order valence-corrected chi connectivity index (χ3v) is 4.04. The highest BCUT2D eigenvalue weighted by Crippen LogP contribution is 2.20. The van der Waals surface area contributed by atoms with Crippen molar-refractivity contribution < 1.29 is 0 Å². The number of aromatic nitrogens is 1. The maximum absolute atomic E-state index is 5.69. The van der Waals surface area contributed by atoms with E-state index >= 15 is 0 Å². The van der Waals surface area contributed by atoms with E-state index in [1.54, 1.807) is 0 Å². The summed E-state index contributed by atoms with van der Waals surface area (Å²) in [5.74, 6) is 2.51. The maximum atomic E-state index is 5.69. The molecule has 0 amide bonds. The van der Waals surface area contributed by atoms with E-state index in [1.165, 1.54) is 12.0 Å². The average molecular weight is 334 g/mol. The third kappa shape index (κ3) is 6.79. The van der Waals surface area contributed by atoms with E-state index in [0.29, 0.717) is 12.5 Å². The van der Waals surface area contributed by atoms with Gasteiger partial charge in [0.1, 0.15) is 5.82 Å². The van der Waals surface area contributed by atoms with E-state index in [-0.39, 0.29) is 6.17 Å². The Morgan fingerprint density at radius 2 is 2.08 bits per heavy atom. The number of nitrogens with two attached hydrogens (primary N) is 1. The molecule has 0 spiro atoms. The van der Waals surface area contributed by atoms with E-state index in [4.69, 9.17) is 10.7 Å². The summed E-state index contributed by atoms with van der Waals surface area (Å²) in [6.45, 7) is 17.5. The van der Waals surface area contributed by atoms with Crippen LogP contribution >= 0.6 is 0 Å². The van der Waals surface area contributed by atoms with Crippen molar-refractivity contribution in [3.63, 3.8) is 0 Å². The van der Waals surface area contributed by atoms with Gasteiger partial charge in [0.05, 0.1) is 12.0 Å². The molecule has 5 nitrogen and oxygen atoms in total. The summed E-state index contributed by atoms with van der Waals surface area (Å²) in [6, 6.07) is 2.20. The van der Waals surface area contributed by atoms with Crippen LogP contribution in [0, 0.1) is 12.8 Å². The molecule has 1 rings (SSSR count). The van der Waals surface area contributed by atoms with Crippen molar-refractivity contribution in [3.05, 3.63) is 35.8 Å². The predicted octanol–water partition coefficient (Wildman–Crippen LogP) is 3.11. The van der Waals surface area contributed by atoms with Crippen molar-refractivity contribution in [2.45, 2.75) is 60.2 Å². The van der Waals surface area contributed by atoms with E-state index in [1.807, 2.05) is 13.1 Å². The van der Waals surface area contributed by atoms with Gasteiger partial charge in [-0.3, -0.25) is 0 Å². The van der Waals surface area contributed by atoms with Gasteiger partial charge in [0.25, 0.3) is 0 Å². The molecule has 0 aliphatic carbocycles. The van der Waals surface area contributed by atoms with Gasteiger partial charge >= 0.3 is 0 Å². The minimum Gasteiger partial charge on any atom is -0.368 e. The Hall–Kier alpha value is -1.75. The molecule has 0 saturated heterocycles. The van der Waals surface area contributed by atoms with Gasteiger partial charge in [0.2, 0.25) is 0 Å². The highest BCUT2D eigenvalue weighted by atomic mass is 15.2. The number of hydrogen-bond donors (Lipinski definition) is 3. The Balaban J connectivity index is 2.75. The zero-order chi connectivity index (χ0) is 18.1. The van der Waals surface area contributed by atoms with Crippen molar-refractivity contribution in [2.75, 3.05) is 18.0 Å². The number of rotatable bonds is 11. The number of nitrogens with zero attached hydrogens (tertiary/aromatic N) is 2. The first-order valence-electron chi connectivity index (χ1n) is 9.02.